The minimum Gasteiger partial charge on any atom is -0.352 e. The number of anilines is 1. The van der Waals surface area contributed by atoms with Crippen LogP contribution in [0.4, 0.5) is 10.2 Å². The van der Waals surface area contributed by atoms with Crippen molar-refractivity contribution in [2.24, 2.45) is 0 Å². The van der Waals surface area contributed by atoms with Crippen LogP contribution >= 0.6 is 15.9 Å². The lowest BCUT2D eigenvalue weighted by molar-refractivity contribution is -0.130. The van der Waals surface area contributed by atoms with E-state index in [1.54, 1.807) is 12.1 Å². The summed E-state index contributed by atoms with van der Waals surface area (Å²) in [6.45, 7) is 2.80. The highest BCUT2D eigenvalue weighted by Crippen LogP contribution is 2.23. The molecule has 1 fully saturated rings. The van der Waals surface area contributed by atoms with Crippen molar-refractivity contribution in [1.82, 2.24) is 15.1 Å². The summed E-state index contributed by atoms with van der Waals surface area (Å²) < 4.78 is 14.1. The highest BCUT2D eigenvalue weighted by Gasteiger charge is 2.23. The van der Waals surface area contributed by atoms with Gasteiger partial charge in [0.05, 0.1) is 12.1 Å². The molecule has 0 radical (unpaired) electrons. The molecule has 0 saturated carbocycles. The van der Waals surface area contributed by atoms with Gasteiger partial charge in [0.1, 0.15) is 5.82 Å². The standard InChI is InChI=1S/C21H20BrFN4O/c22-18-4-2-1-3-16(18)13-21(28)27-11-9-26(10-12-27)20-14-19(24-25-20)15-5-7-17(23)8-6-15/h1-8,14H,9-13H2,(H,24,25). The van der Waals surface area contributed by atoms with Gasteiger partial charge in [-0.05, 0) is 41.5 Å². The molecule has 1 aliphatic rings. The first kappa shape index (κ1) is 18.7. The largest absolute Gasteiger partial charge is 0.352 e. The van der Waals surface area contributed by atoms with Gasteiger partial charge in [-0.3, -0.25) is 9.89 Å². The number of hydrogen-bond acceptors (Lipinski definition) is 3. The third kappa shape index (κ3) is 4.09. The minimum atomic E-state index is -0.258. The smallest absolute Gasteiger partial charge is 0.227 e. The van der Waals surface area contributed by atoms with Crippen LogP contribution in [0.25, 0.3) is 11.3 Å². The van der Waals surface area contributed by atoms with Gasteiger partial charge in [0.25, 0.3) is 0 Å². The van der Waals surface area contributed by atoms with E-state index in [-0.39, 0.29) is 11.7 Å². The number of carbonyl (C=O) groups excluding carboxylic acids is 1. The average molecular weight is 443 g/mol. The zero-order chi connectivity index (χ0) is 19.5. The lowest BCUT2D eigenvalue weighted by Gasteiger charge is -2.35. The number of halogens is 2. The number of carbonyl (C=O) groups is 1. The normalized spacial score (nSPS) is 14.4. The molecule has 1 saturated heterocycles. The first-order chi connectivity index (χ1) is 13.6. The van der Waals surface area contributed by atoms with Crippen LogP contribution in [0.5, 0.6) is 0 Å². The predicted octanol–water partition coefficient (Wildman–Crippen LogP) is 3.87. The van der Waals surface area contributed by atoms with Gasteiger partial charge in [-0.15, -0.1) is 0 Å². The van der Waals surface area contributed by atoms with Gasteiger partial charge in [0, 0.05) is 36.7 Å². The highest BCUT2D eigenvalue weighted by atomic mass is 79.9. The Morgan fingerprint density at radius 2 is 1.79 bits per heavy atom. The second kappa shape index (κ2) is 8.14. The lowest BCUT2D eigenvalue weighted by Crippen LogP contribution is -2.49. The van der Waals surface area contributed by atoms with Crippen molar-refractivity contribution >= 4 is 27.7 Å². The summed E-state index contributed by atoms with van der Waals surface area (Å²) in [4.78, 5) is 16.7. The Morgan fingerprint density at radius 1 is 1.07 bits per heavy atom. The zero-order valence-corrected chi connectivity index (χ0v) is 16.8. The van der Waals surface area contributed by atoms with Crippen LogP contribution in [0, 0.1) is 5.82 Å². The molecular formula is C21H20BrFN4O. The summed E-state index contributed by atoms with van der Waals surface area (Å²) in [5.41, 5.74) is 2.75. The van der Waals surface area contributed by atoms with Gasteiger partial charge in [-0.25, -0.2) is 4.39 Å². The van der Waals surface area contributed by atoms with E-state index in [9.17, 15) is 9.18 Å². The molecule has 0 bridgehead atoms. The Hall–Kier alpha value is -2.67. The summed E-state index contributed by atoms with van der Waals surface area (Å²) in [7, 11) is 0. The Labute approximate surface area is 171 Å². The molecule has 0 atom stereocenters. The maximum absolute atomic E-state index is 13.1. The van der Waals surface area contributed by atoms with Gasteiger partial charge in [0.15, 0.2) is 5.82 Å². The number of amides is 1. The fourth-order valence-electron chi connectivity index (χ4n) is 3.35. The van der Waals surface area contributed by atoms with E-state index in [1.165, 1.54) is 12.1 Å². The third-order valence-corrected chi connectivity index (χ3v) is 5.75. The Bertz CT molecular complexity index is 965. The Morgan fingerprint density at radius 3 is 2.50 bits per heavy atom. The second-order valence-electron chi connectivity index (χ2n) is 6.78. The number of nitrogens with zero attached hydrogens (tertiary/aromatic N) is 3. The summed E-state index contributed by atoms with van der Waals surface area (Å²) in [5, 5.41) is 7.40. The van der Waals surface area contributed by atoms with E-state index < -0.39 is 0 Å². The quantitative estimate of drug-likeness (QED) is 0.666. The monoisotopic (exact) mass is 442 g/mol. The van der Waals surface area contributed by atoms with Crippen molar-refractivity contribution in [3.05, 3.63) is 70.5 Å². The predicted molar refractivity (Wildman–Crippen MR) is 111 cm³/mol. The number of hydrogen-bond donors (Lipinski definition) is 1. The SMILES string of the molecule is O=C(Cc1ccccc1Br)N1CCN(c2cc(-c3ccc(F)cc3)[nH]n2)CC1. The van der Waals surface area contributed by atoms with Gasteiger partial charge in [-0.1, -0.05) is 34.1 Å². The molecule has 5 nitrogen and oxygen atoms in total. The van der Waals surface area contributed by atoms with E-state index in [2.05, 4.69) is 31.0 Å². The molecule has 1 aromatic heterocycles. The molecule has 0 spiro atoms. The van der Waals surface area contributed by atoms with Crippen LogP contribution in [-0.2, 0) is 11.2 Å². The number of rotatable bonds is 4. The van der Waals surface area contributed by atoms with Crippen molar-refractivity contribution in [3.8, 4) is 11.3 Å². The zero-order valence-electron chi connectivity index (χ0n) is 15.2. The molecule has 28 heavy (non-hydrogen) atoms. The van der Waals surface area contributed by atoms with E-state index in [4.69, 9.17) is 0 Å². The molecular weight excluding hydrogens is 423 g/mol. The fraction of sp³-hybridized carbons (Fsp3) is 0.238. The molecule has 2 aromatic carbocycles. The molecule has 4 rings (SSSR count). The molecule has 1 N–H and O–H groups in total. The molecule has 2 heterocycles. The van der Waals surface area contributed by atoms with Gasteiger partial charge in [-0.2, -0.15) is 5.10 Å². The van der Waals surface area contributed by atoms with Crippen molar-refractivity contribution < 1.29 is 9.18 Å². The Kier molecular flexibility index (Phi) is 5.43. The lowest BCUT2D eigenvalue weighted by atomic mass is 10.1. The number of nitrogens with one attached hydrogen (secondary N) is 1. The number of benzene rings is 2. The summed E-state index contributed by atoms with van der Waals surface area (Å²) in [6.07, 6.45) is 0.401. The average Bonchev–Trinajstić information content (AvgIpc) is 3.20. The van der Waals surface area contributed by atoms with Crippen molar-refractivity contribution in [2.75, 3.05) is 31.1 Å². The Balaban J connectivity index is 1.36. The van der Waals surface area contributed by atoms with Crippen LogP contribution in [-0.4, -0.2) is 47.2 Å². The molecule has 1 aliphatic heterocycles. The number of aromatic nitrogens is 2. The van der Waals surface area contributed by atoms with Gasteiger partial charge >= 0.3 is 0 Å². The van der Waals surface area contributed by atoms with Crippen molar-refractivity contribution in [1.29, 1.82) is 0 Å². The second-order valence-corrected chi connectivity index (χ2v) is 7.64. The third-order valence-electron chi connectivity index (χ3n) is 4.98. The van der Waals surface area contributed by atoms with Crippen LogP contribution in [0.15, 0.2) is 59.1 Å². The first-order valence-corrected chi connectivity index (χ1v) is 9.97. The van der Waals surface area contributed by atoms with Gasteiger partial charge in [0.2, 0.25) is 5.91 Å². The number of aromatic amines is 1. The molecule has 0 unspecified atom stereocenters. The van der Waals surface area contributed by atoms with Crippen LogP contribution in [0.1, 0.15) is 5.56 Å². The minimum absolute atomic E-state index is 0.139. The molecule has 0 aliphatic carbocycles. The van der Waals surface area contributed by atoms with Crippen LogP contribution < -0.4 is 4.90 Å². The molecule has 3 aromatic rings. The van der Waals surface area contributed by atoms with Crippen LogP contribution in [0.2, 0.25) is 0 Å². The highest BCUT2D eigenvalue weighted by molar-refractivity contribution is 9.10. The van der Waals surface area contributed by atoms with E-state index >= 15 is 0 Å². The van der Waals surface area contributed by atoms with E-state index in [0.29, 0.717) is 19.5 Å². The van der Waals surface area contributed by atoms with Crippen LogP contribution in [0.3, 0.4) is 0 Å². The number of piperazine rings is 1. The molecule has 7 heteroatoms. The van der Waals surface area contributed by atoms with Crippen molar-refractivity contribution in [2.45, 2.75) is 6.42 Å². The number of H-pyrrole nitrogens is 1. The van der Waals surface area contributed by atoms with Crippen molar-refractivity contribution in [3.63, 3.8) is 0 Å². The fourth-order valence-corrected chi connectivity index (χ4v) is 3.78. The summed E-state index contributed by atoms with van der Waals surface area (Å²) in [6, 6.07) is 16.1. The van der Waals surface area contributed by atoms with Gasteiger partial charge < -0.3 is 9.80 Å². The molecule has 1 amide bonds. The summed E-state index contributed by atoms with van der Waals surface area (Å²) >= 11 is 3.50. The summed E-state index contributed by atoms with van der Waals surface area (Å²) in [5.74, 6) is 0.726. The first-order valence-electron chi connectivity index (χ1n) is 9.17. The van der Waals surface area contributed by atoms with E-state index in [0.717, 1.165) is 40.2 Å². The topological polar surface area (TPSA) is 52.2 Å². The maximum atomic E-state index is 13.1. The maximum Gasteiger partial charge on any atom is 0.227 e. The van der Waals surface area contributed by atoms with E-state index in [1.807, 2.05) is 35.2 Å². The molecule has 144 valence electrons.